The molecule has 1 aromatic carbocycles. The first-order valence-electron chi connectivity index (χ1n) is 7.13. The van der Waals surface area contributed by atoms with Crippen molar-refractivity contribution in [1.29, 1.82) is 0 Å². The lowest BCUT2D eigenvalue weighted by molar-refractivity contribution is -0.116. The zero-order valence-corrected chi connectivity index (χ0v) is 12.5. The van der Waals surface area contributed by atoms with Gasteiger partial charge < -0.3 is 16.4 Å². The molecule has 1 atom stereocenters. The van der Waals surface area contributed by atoms with Gasteiger partial charge in [-0.3, -0.25) is 4.79 Å². The Balaban J connectivity index is 1.77. The molecule has 1 unspecified atom stereocenters. The van der Waals surface area contributed by atoms with Crippen LogP contribution in [0.3, 0.4) is 0 Å². The predicted octanol–water partition coefficient (Wildman–Crippen LogP) is 1.14. The molecule has 6 nitrogen and oxygen atoms in total. The van der Waals surface area contributed by atoms with E-state index in [9.17, 15) is 13.2 Å². The summed E-state index contributed by atoms with van der Waals surface area (Å²) in [5.74, 6) is 0.270. The highest BCUT2D eigenvalue weighted by Crippen LogP contribution is 2.31. The molecule has 1 saturated heterocycles. The Labute approximate surface area is 124 Å². The van der Waals surface area contributed by atoms with Crippen molar-refractivity contribution in [3.05, 3.63) is 17.7 Å². The third-order valence-corrected chi connectivity index (χ3v) is 6.43. The summed E-state index contributed by atoms with van der Waals surface area (Å²) >= 11 is 0. The third kappa shape index (κ3) is 2.83. The molecule has 21 heavy (non-hydrogen) atoms. The van der Waals surface area contributed by atoms with E-state index in [1.165, 1.54) is 0 Å². The summed E-state index contributed by atoms with van der Waals surface area (Å²) in [5, 5.41) is 5.59. The SMILES string of the molecule is Nc1cc2c(cc1NCC1CCCS1(=O)=O)NC(=O)CC2. The van der Waals surface area contributed by atoms with Crippen LogP contribution in [0.15, 0.2) is 12.1 Å². The van der Waals surface area contributed by atoms with E-state index in [0.29, 0.717) is 37.2 Å². The Kier molecular flexibility index (Phi) is 3.52. The van der Waals surface area contributed by atoms with Crippen LogP contribution in [0, 0.1) is 0 Å². The number of nitrogens with one attached hydrogen (secondary N) is 2. The molecule has 1 fully saturated rings. The van der Waals surface area contributed by atoms with Crippen LogP contribution >= 0.6 is 0 Å². The first-order valence-corrected chi connectivity index (χ1v) is 8.85. The molecule has 0 aromatic heterocycles. The lowest BCUT2D eigenvalue weighted by atomic mass is 10.0. The van der Waals surface area contributed by atoms with E-state index in [4.69, 9.17) is 5.73 Å². The van der Waals surface area contributed by atoms with Crippen LogP contribution in [-0.4, -0.2) is 31.9 Å². The van der Waals surface area contributed by atoms with Crippen molar-refractivity contribution in [2.45, 2.75) is 30.9 Å². The molecule has 0 spiro atoms. The van der Waals surface area contributed by atoms with Crippen molar-refractivity contribution in [3.8, 4) is 0 Å². The van der Waals surface area contributed by atoms with Gasteiger partial charge in [-0.25, -0.2) is 8.42 Å². The summed E-state index contributed by atoms with van der Waals surface area (Å²) in [6, 6.07) is 3.64. The minimum atomic E-state index is -2.97. The predicted molar refractivity (Wildman–Crippen MR) is 83.1 cm³/mol. The molecule has 0 radical (unpaired) electrons. The van der Waals surface area contributed by atoms with E-state index in [-0.39, 0.29) is 16.9 Å². The number of nitrogen functional groups attached to an aromatic ring is 1. The van der Waals surface area contributed by atoms with Gasteiger partial charge in [0.15, 0.2) is 9.84 Å². The Morgan fingerprint density at radius 1 is 1.33 bits per heavy atom. The molecular formula is C14H19N3O3S. The zero-order chi connectivity index (χ0) is 15.0. The number of carbonyl (C=O) groups excluding carboxylic acids is 1. The van der Waals surface area contributed by atoms with E-state index < -0.39 is 9.84 Å². The van der Waals surface area contributed by atoms with Crippen molar-refractivity contribution in [2.24, 2.45) is 0 Å². The van der Waals surface area contributed by atoms with Crippen LogP contribution in [0.4, 0.5) is 17.1 Å². The second kappa shape index (κ2) is 5.22. The fraction of sp³-hybridized carbons (Fsp3) is 0.500. The minimum absolute atomic E-state index is 0.00316. The summed E-state index contributed by atoms with van der Waals surface area (Å²) < 4.78 is 23.6. The maximum atomic E-state index is 11.8. The average molecular weight is 309 g/mol. The van der Waals surface area contributed by atoms with Crippen LogP contribution in [-0.2, 0) is 21.1 Å². The molecule has 7 heteroatoms. The number of hydrogen-bond acceptors (Lipinski definition) is 5. The quantitative estimate of drug-likeness (QED) is 0.727. The van der Waals surface area contributed by atoms with Crippen LogP contribution < -0.4 is 16.4 Å². The summed E-state index contributed by atoms with van der Waals surface area (Å²) in [5.41, 5.74) is 9.05. The molecule has 3 rings (SSSR count). The summed E-state index contributed by atoms with van der Waals surface area (Å²) in [6.07, 6.45) is 2.57. The third-order valence-electron chi connectivity index (χ3n) is 4.15. The fourth-order valence-corrected chi connectivity index (χ4v) is 4.68. The molecule has 4 N–H and O–H groups in total. The largest absolute Gasteiger partial charge is 0.397 e. The van der Waals surface area contributed by atoms with Gasteiger partial charge in [0, 0.05) is 18.7 Å². The second-order valence-corrected chi connectivity index (χ2v) is 8.06. The number of rotatable bonds is 3. The van der Waals surface area contributed by atoms with Crippen molar-refractivity contribution in [1.82, 2.24) is 0 Å². The van der Waals surface area contributed by atoms with Crippen LogP contribution in [0.2, 0.25) is 0 Å². The molecule has 2 aliphatic heterocycles. The van der Waals surface area contributed by atoms with Crippen molar-refractivity contribution < 1.29 is 13.2 Å². The number of carbonyl (C=O) groups is 1. The number of sulfone groups is 1. The Morgan fingerprint density at radius 2 is 2.14 bits per heavy atom. The van der Waals surface area contributed by atoms with E-state index in [1.807, 2.05) is 6.07 Å². The number of nitrogens with two attached hydrogens (primary N) is 1. The van der Waals surface area contributed by atoms with E-state index in [1.54, 1.807) is 6.07 Å². The zero-order valence-electron chi connectivity index (χ0n) is 11.7. The first-order chi connectivity index (χ1) is 9.95. The van der Waals surface area contributed by atoms with Gasteiger partial charge in [-0.1, -0.05) is 0 Å². The number of aryl methyl sites for hydroxylation is 1. The van der Waals surface area contributed by atoms with E-state index >= 15 is 0 Å². The molecule has 0 aliphatic carbocycles. The van der Waals surface area contributed by atoms with Crippen LogP contribution in [0.1, 0.15) is 24.8 Å². The highest BCUT2D eigenvalue weighted by atomic mass is 32.2. The van der Waals surface area contributed by atoms with E-state index in [2.05, 4.69) is 10.6 Å². The lowest BCUT2D eigenvalue weighted by Gasteiger charge is -2.20. The number of fused-ring (bicyclic) bond motifs is 1. The van der Waals surface area contributed by atoms with Crippen LogP contribution in [0.5, 0.6) is 0 Å². The minimum Gasteiger partial charge on any atom is -0.397 e. The molecule has 114 valence electrons. The van der Waals surface area contributed by atoms with Gasteiger partial charge in [-0.2, -0.15) is 0 Å². The molecule has 0 saturated carbocycles. The summed E-state index contributed by atoms with van der Waals surface area (Å²) in [4.78, 5) is 11.4. The Bertz CT molecular complexity index is 685. The molecule has 0 bridgehead atoms. The van der Waals surface area contributed by atoms with Crippen molar-refractivity contribution in [2.75, 3.05) is 28.7 Å². The van der Waals surface area contributed by atoms with Gasteiger partial charge >= 0.3 is 0 Å². The van der Waals surface area contributed by atoms with E-state index in [0.717, 1.165) is 17.7 Å². The van der Waals surface area contributed by atoms with Crippen molar-refractivity contribution >= 4 is 32.8 Å². The molecular weight excluding hydrogens is 290 g/mol. The number of anilines is 3. The van der Waals surface area contributed by atoms with Gasteiger partial charge in [-0.15, -0.1) is 0 Å². The van der Waals surface area contributed by atoms with Gasteiger partial charge in [0.2, 0.25) is 5.91 Å². The lowest BCUT2D eigenvalue weighted by Crippen LogP contribution is -2.25. The molecule has 2 aliphatic rings. The topological polar surface area (TPSA) is 101 Å². The Morgan fingerprint density at radius 3 is 2.86 bits per heavy atom. The van der Waals surface area contributed by atoms with Crippen LogP contribution in [0.25, 0.3) is 0 Å². The molecule has 2 heterocycles. The summed E-state index contributed by atoms with van der Waals surface area (Å²) in [7, 11) is -2.97. The van der Waals surface area contributed by atoms with Crippen molar-refractivity contribution in [3.63, 3.8) is 0 Å². The normalized spacial score (nSPS) is 23.4. The smallest absolute Gasteiger partial charge is 0.224 e. The summed E-state index contributed by atoms with van der Waals surface area (Å²) in [6.45, 7) is 0.360. The average Bonchev–Trinajstić information content (AvgIpc) is 2.76. The highest BCUT2D eigenvalue weighted by molar-refractivity contribution is 7.92. The number of hydrogen-bond donors (Lipinski definition) is 3. The molecule has 1 amide bonds. The maximum absolute atomic E-state index is 11.8. The maximum Gasteiger partial charge on any atom is 0.224 e. The molecule has 1 aromatic rings. The number of benzene rings is 1. The monoisotopic (exact) mass is 309 g/mol. The first kappa shape index (κ1) is 14.2. The van der Waals surface area contributed by atoms with Gasteiger partial charge in [-0.05, 0) is 37.0 Å². The highest BCUT2D eigenvalue weighted by Gasteiger charge is 2.31. The fourth-order valence-electron chi connectivity index (χ4n) is 2.91. The standard InChI is InChI=1S/C14H19N3O3S/c15-11-6-9-3-4-14(18)17-12(9)7-13(11)16-8-10-2-1-5-21(10,19)20/h6-7,10,16H,1-5,8,15H2,(H,17,18). The van der Waals surface area contributed by atoms with Gasteiger partial charge in [0.1, 0.15) is 0 Å². The Hall–Kier alpha value is -1.76. The number of amides is 1. The van der Waals surface area contributed by atoms with Gasteiger partial charge in [0.25, 0.3) is 0 Å². The van der Waals surface area contributed by atoms with Gasteiger partial charge in [0.05, 0.1) is 22.4 Å². The second-order valence-electron chi connectivity index (χ2n) is 5.66.